The zero-order valence-corrected chi connectivity index (χ0v) is 15.6. The van der Waals surface area contributed by atoms with Crippen molar-refractivity contribution in [1.29, 1.82) is 5.41 Å². The number of hydrogen-bond donors (Lipinski definition) is 2. The molecule has 1 aliphatic heterocycles. The second kappa shape index (κ2) is 8.30. The number of anilines is 1. The first-order valence-electron chi connectivity index (χ1n) is 8.99. The molecule has 0 fully saturated rings. The van der Waals surface area contributed by atoms with Crippen LogP contribution in [0, 0.1) is 5.41 Å². The van der Waals surface area contributed by atoms with Gasteiger partial charge < -0.3 is 16.0 Å². The largest absolute Gasteiger partial charge is 0.383 e. The molecular formula is C20H26N4S. The summed E-state index contributed by atoms with van der Waals surface area (Å²) in [6.07, 6.45) is 5.07. The number of rotatable bonds is 7. The zero-order valence-electron chi connectivity index (χ0n) is 14.8. The fraction of sp³-hybridized carbons (Fsp3) is 0.400. The molecule has 0 aliphatic carbocycles. The molecule has 0 radical (unpaired) electrons. The fourth-order valence-corrected chi connectivity index (χ4v) is 3.91. The van der Waals surface area contributed by atoms with Gasteiger partial charge in [0.2, 0.25) is 0 Å². The Morgan fingerprint density at radius 1 is 1.32 bits per heavy atom. The average molecular weight is 355 g/mol. The molecule has 0 amide bonds. The van der Waals surface area contributed by atoms with Gasteiger partial charge in [0.25, 0.3) is 0 Å². The van der Waals surface area contributed by atoms with E-state index in [-0.39, 0.29) is 0 Å². The molecule has 0 spiro atoms. The van der Waals surface area contributed by atoms with Gasteiger partial charge >= 0.3 is 0 Å². The number of hydrogen-bond acceptors (Lipinski definition) is 4. The minimum absolute atomic E-state index is 0.579. The number of benzene rings is 1. The van der Waals surface area contributed by atoms with E-state index in [1.807, 2.05) is 17.5 Å². The van der Waals surface area contributed by atoms with Crippen molar-refractivity contribution in [1.82, 2.24) is 0 Å². The van der Waals surface area contributed by atoms with Crippen LogP contribution in [0.25, 0.3) is 0 Å². The third kappa shape index (κ3) is 4.48. The number of nitrogens with two attached hydrogens (primary N) is 1. The Bertz CT molecular complexity index is 749. The lowest BCUT2D eigenvalue weighted by Gasteiger charge is -2.31. The van der Waals surface area contributed by atoms with Crippen LogP contribution in [0.4, 0.5) is 11.4 Å². The second-order valence-corrected chi connectivity index (χ2v) is 7.43. The summed E-state index contributed by atoms with van der Waals surface area (Å²) in [6, 6.07) is 10.4. The highest BCUT2D eigenvalue weighted by Crippen LogP contribution is 2.31. The molecule has 0 bridgehead atoms. The van der Waals surface area contributed by atoms with E-state index in [4.69, 9.17) is 11.1 Å². The van der Waals surface area contributed by atoms with E-state index >= 15 is 0 Å². The minimum atomic E-state index is 0.579. The van der Waals surface area contributed by atoms with Crippen LogP contribution >= 0.6 is 11.3 Å². The maximum atomic E-state index is 8.01. The van der Waals surface area contributed by atoms with Crippen molar-refractivity contribution in [2.75, 3.05) is 18.0 Å². The van der Waals surface area contributed by atoms with Crippen molar-refractivity contribution in [3.63, 3.8) is 0 Å². The highest BCUT2D eigenvalue weighted by Gasteiger charge is 2.17. The smallest absolute Gasteiger partial charge is 0.141 e. The van der Waals surface area contributed by atoms with Gasteiger partial charge in [0.1, 0.15) is 5.84 Å². The lowest BCUT2D eigenvalue weighted by molar-refractivity contribution is 0.694. The maximum Gasteiger partial charge on any atom is 0.141 e. The van der Waals surface area contributed by atoms with Crippen molar-refractivity contribution >= 4 is 34.3 Å². The van der Waals surface area contributed by atoms with Crippen LogP contribution in [-0.4, -0.2) is 24.6 Å². The van der Waals surface area contributed by atoms with Crippen LogP contribution in [0.5, 0.6) is 0 Å². The molecule has 2 heterocycles. The Hall–Kier alpha value is -2.14. The van der Waals surface area contributed by atoms with E-state index in [0.717, 1.165) is 61.5 Å². The summed E-state index contributed by atoms with van der Waals surface area (Å²) in [5.41, 5.74) is 10.5. The first-order chi connectivity index (χ1) is 12.2. The third-order valence-electron chi connectivity index (χ3n) is 4.54. The predicted molar refractivity (Wildman–Crippen MR) is 109 cm³/mol. The van der Waals surface area contributed by atoms with Crippen LogP contribution in [0.15, 0.2) is 40.7 Å². The van der Waals surface area contributed by atoms with E-state index < -0.39 is 0 Å². The summed E-state index contributed by atoms with van der Waals surface area (Å²) >= 11 is 1.61. The van der Waals surface area contributed by atoms with Gasteiger partial charge in [-0.25, -0.2) is 4.99 Å². The third-order valence-corrected chi connectivity index (χ3v) is 5.43. The normalized spacial score (nSPS) is 14.4. The van der Waals surface area contributed by atoms with Crippen molar-refractivity contribution in [3.05, 3.63) is 46.2 Å². The Morgan fingerprint density at radius 3 is 2.96 bits per heavy atom. The number of thiophene rings is 1. The minimum Gasteiger partial charge on any atom is -0.383 e. The van der Waals surface area contributed by atoms with Gasteiger partial charge in [0.15, 0.2) is 0 Å². The molecule has 25 heavy (non-hydrogen) atoms. The second-order valence-electron chi connectivity index (χ2n) is 6.48. The summed E-state index contributed by atoms with van der Waals surface area (Å²) < 4.78 is 0. The van der Waals surface area contributed by atoms with Gasteiger partial charge in [-0.1, -0.05) is 19.4 Å². The molecule has 5 heteroatoms. The Balaban J connectivity index is 1.73. The van der Waals surface area contributed by atoms with Crippen LogP contribution < -0.4 is 10.6 Å². The summed E-state index contributed by atoms with van der Waals surface area (Å²) in [4.78, 5) is 8.01. The van der Waals surface area contributed by atoms with Gasteiger partial charge in [-0.2, -0.15) is 0 Å². The Labute approximate surface area is 153 Å². The molecule has 132 valence electrons. The van der Waals surface area contributed by atoms with E-state index in [9.17, 15) is 0 Å². The maximum absolute atomic E-state index is 8.01. The number of fused-ring (bicyclic) bond motifs is 1. The lowest BCUT2D eigenvalue weighted by atomic mass is 10.0. The van der Waals surface area contributed by atoms with Crippen molar-refractivity contribution < 1.29 is 0 Å². The van der Waals surface area contributed by atoms with Gasteiger partial charge in [0, 0.05) is 30.9 Å². The molecule has 0 saturated carbocycles. The summed E-state index contributed by atoms with van der Waals surface area (Å²) in [6.45, 7) is 4.15. The lowest BCUT2D eigenvalue weighted by Crippen LogP contribution is -2.31. The standard InChI is InChI=1S/C20H26N4S/c1-2-5-16(21)10-12-24-11-3-6-15-14-17(8-9-18(15)24)23-20(22)19-7-4-13-25-19/h4,7-9,13-14,21H,2-3,5-6,10-12H2,1H3,(H2,22,23). The van der Waals surface area contributed by atoms with Crippen LogP contribution in [0.2, 0.25) is 0 Å². The van der Waals surface area contributed by atoms with Crippen molar-refractivity contribution in [2.45, 2.75) is 39.0 Å². The topological polar surface area (TPSA) is 65.5 Å². The summed E-state index contributed by atoms with van der Waals surface area (Å²) in [5, 5.41) is 10.0. The van der Waals surface area contributed by atoms with E-state index in [1.54, 1.807) is 11.3 Å². The predicted octanol–water partition coefficient (Wildman–Crippen LogP) is 4.75. The monoisotopic (exact) mass is 354 g/mol. The number of aryl methyl sites for hydroxylation is 1. The molecule has 0 unspecified atom stereocenters. The van der Waals surface area contributed by atoms with E-state index in [0.29, 0.717) is 5.84 Å². The molecule has 2 aromatic rings. The van der Waals surface area contributed by atoms with Crippen molar-refractivity contribution in [3.8, 4) is 0 Å². The molecule has 3 rings (SSSR count). The first-order valence-corrected chi connectivity index (χ1v) is 9.87. The van der Waals surface area contributed by atoms with E-state index in [1.165, 1.54) is 11.3 Å². The molecule has 1 aromatic carbocycles. The highest BCUT2D eigenvalue weighted by molar-refractivity contribution is 7.12. The summed E-state index contributed by atoms with van der Waals surface area (Å²) in [7, 11) is 0. The molecular weight excluding hydrogens is 328 g/mol. The van der Waals surface area contributed by atoms with Gasteiger partial charge in [-0.15, -0.1) is 11.3 Å². The Morgan fingerprint density at radius 2 is 2.20 bits per heavy atom. The molecule has 3 N–H and O–H groups in total. The first kappa shape index (κ1) is 17.7. The molecule has 1 aliphatic rings. The van der Waals surface area contributed by atoms with Gasteiger partial charge in [0.05, 0.1) is 10.6 Å². The number of aliphatic imine (C=N–C) groups is 1. The van der Waals surface area contributed by atoms with Gasteiger partial charge in [-0.05, 0) is 54.5 Å². The fourth-order valence-electron chi connectivity index (χ4n) is 3.28. The highest BCUT2D eigenvalue weighted by atomic mass is 32.1. The molecule has 4 nitrogen and oxygen atoms in total. The van der Waals surface area contributed by atoms with E-state index in [2.05, 4.69) is 35.0 Å². The summed E-state index contributed by atoms with van der Waals surface area (Å²) in [5.74, 6) is 0.579. The SMILES string of the molecule is CCCC(=N)CCN1CCCc2cc(N=C(N)c3cccs3)ccc21. The van der Waals surface area contributed by atoms with Crippen LogP contribution in [0.1, 0.15) is 43.0 Å². The van der Waals surface area contributed by atoms with Gasteiger partial charge in [-0.3, -0.25) is 0 Å². The number of nitrogens with zero attached hydrogens (tertiary/aromatic N) is 2. The number of nitrogens with one attached hydrogen (secondary N) is 1. The Kier molecular flexibility index (Phi) is 5.87. The van der Waals surface area contributed by atoms with Crippen LogP contribution in [-0.2, 0) is 6.42 Å². The molecule has 1 aromatic heterocycles. The number of amidine groups is 1. The van der Waals surface area contributed by atoms with Crippen LogP contribution in [0.3, 0.4) is 0 Å². The average Bonchev–Trinajstić information content (AvgIpc) is 3.14. The molecule has 0 saturated heterocycles. The zero-order chi connectivity index (χ0) is 17.6. The molecule has 0 atom stereocenters. The van der Waals surface area contributed by atoms with Crippen molar-refractivity contribution in [2.24, 2.45) is 10.7 Å². The quantitative estimate of drug-likeness (QED) is 0.557.